The number of rotatable bonds is 2. The van der Waals surface area contributed by atoms with Crippen LogP contribution in [0.25, 0.3) is 0 Å². The molecule has 0 radical (unpaired) electrons. The van der Waals surface area contributed by atoms with E-state index in [1.165, 1.54) is 6.07 Å². The van der Waals surface area contributed by atoms with Crippen LogP contribution in [-0.4, -0.2) is 29.4 Å². The van der Waals surface area contributed by atoms with Crippen LogP contribution in [0.5, 0.6) is 0 Å². The molecule has 2 aromatic carbocycles. The SMILES string of the molecule is Cc1cc(NC(=O)C(N)=O)ccc1C(=O)N1CCCC(O)c2cc(Cl)ccc21. The molecular weight excluding hydrogens is 382 g/mol. The van der Waals surface area contributed by atoms with Crippen LogP contribution in [0.4, 0.5) is 11.4 Å². The molecule has 8 heteroatoms. The number of aliphatic hydroxyl groups excluding tert-OH is 1. The summed E-state index contributed by atoms with van der Waals surface area (Å²) in [5, 5.41) is 13.3. The van der Waals surface area contributed by atoms with Gasteiger partial charge in [-0.2, -0.15) is 0 Å². The van der Waals surface area contributed by atoms with E-state index in [-0.39, 0.29) is 5.91 Å². The van der Waals surface area contributed by atoms with Gasteiger partial charge in [0.25, 0.3) is 5.91 Å². The van der Waals surface area contributed by atoms with Crippen molar-refractivity contribution in [3.05, 3.63) is 58.1 Å². The number of hydrogen-bond acceptors (Lipinski definition) is 4. The Balaban J connectivity index is 1.93. The summed E-state index contributed by atoms with van der Waals surface area (Å²) in [4.78, 5) is 37.2. The number of aryl methyl sites for hydroxylation is 1. The number of nitrogens with zero attached hydrogens (tertiary/aromatic N) is 1. The molecule has 0 saturated heterocycles. The Morgan fingerprint density at radius 1 is 1.21 bits per heavy atom. The lowest BCUT2D eigenvalue weighted by Crippen LogP contribution is -2.32. The van der Waals surface area contributed by atoms with Crippen LogP contribution >= 0.6 is 11.6 Å². The lowest BCUT2D eigenvalue weighted by Gasteiger charge is -2.24. The number of carbonyl (C=O) groups excluding carboxylic acids is 3. The molecule has 28 heavy (non-hydrogen) atoms. The van der Waals surface area contributed by atoms with E-state index in [4.69, 9.17) is 17.3 Å². The Morgan fingerprint density at radius 3 is 2.64 bits per heavy atom. The maximum absolute atomic E-state index is 13.2. The van der Waals surface area contributed by atoms with Crippen LogP contribution in [0.2, 0.25) is 5.02 Å². The standard InChI is InChI=1S/C20H20ClN3O4/c1-11-9-13(23-19(27)18(22)26)5-6-14(11)20(28)24-8-2-3-17(25)15-10-12(21)4-7-16(15)24/h4-7,9-10,17,25H,2-3,8H2,1H3,(H2,22,26)(H,23,27). The zero-order valence-electron chi connectivity index (χ0n) is 15.2. The highest BCUT2D eigenvalue weighted by molar-refractivity contribution is 6.39. The fourth-order valence-electron chi connectivity index (χ4n) is 3.29. The number of amides is 3. The smallest absolute Gasteiger partial charge is 0.313 e. The zero-order chi connectivity index (χ0) is 20.4. The first-order valence-corrected chi connectivity index (χ1v) is 9.16. The molecule has 0 aliphatic carbocycles. The summed E-state index contributed by atoms with van der Waals surface area (Å²) >= 11 is 6.06. The van der Waals surface area contributed by atoms with Crippen molar-refractivity contribution >= 4 is 40.7 Å². The molecule has 3 rings (SSSR count). The van der Waals surface area contributed by atoms with Gasteiger partial charge in [0.05, 0.1) is 6.10 Å². The number of fused-ring (bicyclic) bond motifs is 1. The van der Waals surface area contributed by atoms with E-state index in [0.717, 1.165) is 0 Å². The largest absolute Gasteiger partial charge is 0.388 e. The molecule has 1 atom stereocenters. The molecule has 0 fully saturated rings. The van der Waals surface area contributed by atoms with Crippen molar-refractivity contribution in [1.82, 2.24) is 0 Å². The third-order valence-electron chi connectivity index (χ3n) is 4.68. The van der Waals surface area contributed by atoms with Gasteiger partial charge in [0.1, 0.15) is 0 Å². The van der Waals surface area contributed by atoms with Gasteiger partial charge in [0.15, 0.2) is 0 Å². The summed E-state index contributed by atoms with van der Waals surface area (Å²) in [6, 6.07) is 9.84. The van der Waals surface area contributed by atoms with E-state index in [9.17, 15) is 19.5 Å². The summed E-state index contributed by atoms with van der Waals surface area (Å²) in [6.45, 7) is 2.20. The first kappa shape index (κ1) is 19.9. The van der Waals surface area contributed by atoms with Crippen molar-refractivity contribution in [2.75, 3.05) is 16.8 Å². The van der Waals surface area contributed by atoms with Gasteiger partial charge in [0.2, 0.25) is 0 Å². The third kappa shape index (κ3) is 4.00. The van der Waals surface area contributed by atoms with Crippen molar-refractivity contribution < 1.29 is 19.5 Å². The monoisotopic (exact) mass is 401 g/mol. The maximum atomic E-state index is 13.2. The Hall–Kier alpha value is -2.90. The first-order valence-electron chi connectivity index (χ1n) is 8.78. The quantitative estimate of drug-likeness (QED) is 0.671. The molecule has 1 unspecified atom stereocenters. The predicted octanol–water partition coefficient (Wildman–Crippen LogP) is 2.55. The summed E-state index contributed by atoms with van der Waals surface area (Å²) in [5.74, 6) is -2.23. The molecule has 0 aromatic heterocycles. The van der Waals surface area contributed by atoms with E-state index >= 15 is 0 Å². The van der Waals surface area contributed by atoms with Crippen molar-refractivity contribution in [2.45, 2.75) is 25.9 Å². The molecule has 7 nitrogen and oxygen atoms in total. The van der Waals surface area contributed by atoms with Gasteiger partial charge < -0.3 is 21.1 Å². The van der Waals surface area contributed by atoms with Gasteiger partial charge in [0, 0.05) is 34.1 Å². The van der Waals surface area contributed by atoms with E-state index < -0.39 is 17.9 Å². The van der Waals surface area contributed by atoms with Crippen LogP contribution in [0.15, 0.2) is 36.4 Å². The van der Waals surface area contributed by atoms with Gasteiger partial charge in [-0.1, -0.05) is 11.6 Å². The molecule has 3 amide bonds. The van der Waals surface area contributed by atoms with E-state index in [1.54, 1.807) is 42.2 Å². The zero-order valence-corrected chi connectivity index (χ0v) is 16.0. The Labute approximate surface area is 167 Å². The van der Waals surface area contributed by atoms with Gasteiger partial charge in [-0.3, -0.25) is 14.4 Å². The number of benzene rings is 2. The third-order valence-corrected chi connectivity index (χ3v) is 4.92. The van der Waals surface area contributed by atoms with Crippen LogP contribution in [0.1, 0.15) is 40.4 Å². The second-order valence-corrected chi connectivity index (χ2v) is 7.10. The lowest BCUT2D eigenvalue weighted by molar-refractivity contribution is -0.134. The molecule has 2 aromatic rings. The van der Waals surface area contributed by atoms with Crippen LogP contribution < -0.4 is 16.0 Å². The van der Waals surface area contributed by atoms with Crippen LogP contribution in [0, 0.1) is 6.92 Å². The predicted molar refractivity (Wildman–Crippen MR) is 106 cm³/mol. The number of nitrogens with two attached hydrogens (primary N) is 1. The van der Waals surface area contributed by atoms with Crippen LogP contribution in [0.3, 0.4) is 0 Å². The maximum Gasteiger partial charge on any atom is 0.313 e. The number of hydrogen-bond donors (Lipinski definition) is 3. The Bertz CT molecular complexity index is 960. The number of aliphatic hydroxyl groups is 1. The molecule has 0 spiro atoms. The van der Waals surface area contributed by atoms with E-state index in [2.05, 4.69) is 5.32 Å². The fraction of sp³-hybridized carbons (Fsp3) is 0.250. The second kappa shape index (κ2) is 8.00. The number of nitrogens with one attached hydrogen (secondary N) is 1. The molecule has 0 bridgehead atoms. The highest BCUT2D eigenvalue weighted by Crippen LogP contribution is 2.35. The van der Waals surface area contributed by atoms with E-state index in [1.807, 2.05) is 0 Å². The minimum atomic E-state index is -1.09. The van der Waals surface area contributed by atoms with Crippen molar-refractivity contribution in [3.8, 4) is 0 Å². The van der Waals surface area contributed by atoms with Gasteiger partial charge in [-0.25, -0.2) is 0 Å². The average molecular weight is 402 g/mol. The summed E-state index contributed by atoms with van der Waals surface area (Å²) < 4.78 is 0. The second-order valence-electron chi connectivity index (χ2n) is 6.67. The molecule has 0 saturated carbocycles. The van der Waals surface area contributed by atoms with Crippen LogP contribution in [-0.2, 0) is 9.59 Å². The lowest BCUT2D eigenvalue weighted by atomic mass is 10.0. The first-order chi connectivity index (χ1) is 13.3. The summed E-state index contributed by atoms with van der Waals surface area (Å²) in [6.07, 6.45) is 0.498. The van der Waals surface area contributed by atoms with Crippen molar-refractivity contribution in [3.63, 3.8) is 0 Å². The molecule has 1 aliphatic rings. The highest BCUT2D eigenvalue weighted by atomic mass is 35.5. The molecule has 1 aliphatic heterocycles. The minimum absolute atomic E-state index is 0.219. The number of halogens is 1. The van der Waals surface area contributed by atoms with Crippen molar-refractivity contribution in [2.24, 2.45) is 5.73 Å². The normalized spacial score (nSPS) is 16.1. The van der Waals surface area contributed by atoms with Crippen molar-refractivity contribution in [1.29, 1.82) is 0 Å². The average Bonchev–Trinajstić information content (AvgIpc) is 2.80. The molecular formula is C20H20ClN3O4. The molecule has 146 valence electrons. The summed E-state index contributed by atoms with van der Waals surface area (Å²) in [5.41, 5.74) is 7.65. The number of carbonyl (C=O) groups is 3. The molecule has 1 heterocycles. The summed E-state index contributed by atoms with van der Waals surface area (Å²) in [7, 11) is 0. The molecule has 4 N–H and O–H groups in total. The Morgan fingerprint density at radius 2 is 1.96 bits per heavy atom. The number of anilines is 2. The minimum Gasteiger partial charge on any atom is -0.388 e. The highest BCUT2D eigenvalue weighted by Gasteiger charge is 2.27. The van der Waals surface area contributed by atoms with Gasteiger partial charge >= 0.3 is 11.8 Å². The number of primary amides is 1. The van der Waals surface area contributed by atoms with Gasteiger partial charge in [-0.05, 0) is 61.7 Å². The van der Waals surface area contributed by atoms with Gasteiger partial charge in [-0.15, -0.1) is 0 Å². The van der Waals surface area contributed by atoms with E-state index in [0.29, 0.717) is 52.5 Å². The Kier molecular flexibility index (Phi) is 5.67. The fourth-order valence-corrected chi connectivity index (χ4v) is 3.47. The topological polar surface area (TPSA) is 113 Å².